The quantitative estimate of drug-likeness (QED) is 0.509. The molecule has 0 heterocycles. The van der Waals surface area contributed by atoms with Crippen LogP contribution in [0.3, 0.4) is 0 Å². The number of benzene rings is 3. The highest BCUT2D eigenvalue weighted by Gasteiger charge is 2.08. The van der Waals surface area contributed by atoms with Crippen molar-refractivity contribution in [2.24, 2.45) is 0 Å². The van der Waals surface area contributed by atoms with Gasteiger partial charge in [-0.05, 0) is 53.3 Å². The molecule has 0 N–H and O–H groups in total. The molecular formula is C22H22S. The SMILES string of the molecule is CCc1ccc(-c2ccccc2Sc2ccccc2)cc1CC. The summed E-state index contributed by atoms with van der Waals surface area (Å²) < 4.78 is 0. The smallest absolute Gasteiger partial charge is 0.0200 e. The fraction of sp³-hybridized carbons (Fsp3) is 0.182. The molecule has 116 valence electrons. The van der Waals surface area contributed by atoms with Crippen LogP contribution < -0.4 is 0 Å². The molecule has 0 radical (unpaired) electrons. The first kappa shape index (κ1) is 15.9. The van der Waals surface area contributed by atoms with Crippen LogP contribution in [0.4, 0.5) is 0 Å². The Bertz CT molecular complexity index is 775. The summed E-state index contributed by atoms with van der Waals surface area (Å²) in [5.41, 5.74) is 5.56. The van der Waals surface area contributed by atoms with Gasteiger partial charge in [0.1, 0.15) is 0 Å². The van der Waals surface area contributed by atoms with Crippen LogP contribution in [0.1, 0.15) is 25.0 Å². The van der Waals surface area contributed by atoms with Crippen molar-refractivity contribution in [3.05, 3.63) is 83.9 Å². The third kappa shape index (κ3) is 3.68. The van der Waals surface area contributed by atoms with E-state index in [1.54, 1.807) is 0 Å². The van der Waals surface area contributed by atoms with Gasteiger partial charge in [-0.1, -0.05) is 80.2 Å². The third-order valence-corrected chi connectivity index (χ3v) is 5.22. The first-order chi connectivity index (χ1) is 11.3. The highest BCUT2D eigenvalue weighted by Crippen LogP contribution is 2.36. The molecule has 0 fully saturated rings. The molecule has 0 saturated carbocycles. The maximum atomic E-state index is 2.36. The first-order valence-corrected chi connectivity index (χ1v) is 9.07. The molecular weight excluding hydrogens is 296 g/mol. The molecule has 0 aliphatic heterocycles. The maximum Gasteiger partial charge on any atom is 0.0200 e. The van der Waals surface area contributed by atoms with Crippen molar-refractivity contribution in [2.75, 3.05) is 0 Å². The van der Waals surface area contributed by atoms with Gasteiger partial charge in [0.2, 0.25) is 0 Å². The fourth-order valence-electron chi connectivity index (χ4n) is 2.88. The van der Waals surface area contributed by atoms with Crippen molar-refractivity contribution in [1.29, 1.82) is 0 Å². The topological polar surface area (TPSA) is 0 Å². The van der Waals surface area contributed by atoms with Gasteiger partial charge in [-0.3, -0.25) is 0 Å². The molecule has 0 nitrogen and oxygen atoms in total. The monoisotopic (exact) mass is 318 g/mol. The molecule has 0 unspecified atom stereocenters. The number of rotatable bonds is 5. The van der Waals surface area contributed by atoms with Gasteiger partial charge in [-0.2, -0.15) is 0 Å². The zero-order valence-corrected chi connectivity index (χ0v) is 14.6. The minimum absolute atomic E-state index is 1.09. The van der Waals surface area contributed by atoms with Gasteiger partial charge >= 0.3 is 0 Å². The van der Waals surface area contributed by atoms with Gasteiger partial charge in [0.05, 0.1) is 0 Å². The van der Waals surface area contributed by atoms with Crippen LogP contribution in [-0.2, 0) is 12.8 Å². The molecule has 3 aromatic rings. The molecule has 0 amide bonds. The van der Waals surface area contributed by atoms with E-state index in [1.165, 1.54) is 32.0 Å². The van der Waals surface area contributed by atoms with Crippen molar-refractivity contribution in [2.45, 2.75) is 36.5 Å². The van der Waals surface area contributed by atoms with Crippen LogP contribution in [0.5, 0.6) is 0 Å². The Morgan fingerprint density at radius 2 is 1.39 bits per heavy atom. The van der Waals surface area contributed by atoms with Crippen LogP contribution in [0, 0.1) is 0 Å². The largest absolute Gasteiger partial charge is 0.0895 e. The van der Waals surface area contributed by atoms with E-state index in [0.717, 1.165) is 12.8 Å². The first-order valence-electron chi connectivity index (χ1n) is 8.26. The molecule has 0 aliphatic carbocycles. The highest BCUT2D eigenvalue weighted by molar-refractivity contribution is 7.99. The molecule has 0 bridgehead atoms. The Morgan fingerprint density at radius 1 is 0.696 bits per heavy atom. The lowest BCUT2D eigenvalue weighted by Crippen LogP contribution is -1.92. The Labute approximate surface area is 143 Å². The summed E-state index contributed by atoms with van der Waals surface area (Å²) in [6, 6.07) is 26.2. The van der Waals surface area contributed by atoms with Crippen molar-refractivity contribution in [3.8, 4) is 11.1 Å². The molecule has 0 spiro atoms. The van der Waals surface area contributed by atoms with Crippen molar-refractivity contribution >= 4 is 11.8 Å². The second kappa shape index (κ2) is 7.52. The van der Waals surface area contributed by atoms with Gasteiger partial charge in [0, 0.05) is 9.79 Å². The molecule has 0 aromatic heterocycles. The van der Waals surface area contributed by atoms with Gasteiger partial charge in [-0.15, -0.1) is 0 Å². The van der Waals surface area contributed by atoms with E-state index >= 15 is 0 Å². The number of hydrogen-bond donors (Lipinski definition) is 0. The van der Waals surface area contributed by atoms with E-state index in [2.05, 4.69) is 86.6 Å². The van der Waals surface area contributed by atoms with Gasteiger partial charge in [-0.25, -0.2) is 0 Å². The summed E-state index contributed by atoms with van der Waals surface area (Å²) in [7, 11) is 0. The lowest BCUT2D eigenvalue weighted by molar-refractivity contribution is 1.04. The van der Waals surface area contributed by atoms with Crippen molar-refractivity contribution in [1.82, 2.24) is 0 Å². The molecule has 0 aliphatic rings. The second-order valence-electron chi connectivity index (χ2n) is 5.60. The van der Waals surface area contributed by atoms with E-state index in [0.29, 0.717) is 0 Å². The molecule has 3 rings (SSSR count). The molecule has 0 saturated heterocycles. The van der Waals surface area contributed by atoms with Crippen LogP contribution in [0.25, 0.3) is 11.1 Å². The maximum absolute atomic E-state index is 2.36. The van der Waals surface area contributed by atoms with E-state index < -0.39 is 0 Å². The summed E-state index contributed by atoms with van der Waals surface area (Å²) in [6.07, 6.45) is 2.19. The Morgan fingerprint density at radius 3 is 2.13 bits per heavy atom. The minimum Gasteiger partial charge on any atom is -0.0895 e. The predicted octanol–water partition coefficient (Wildman–Crippen LogP) is 6.63. The van der Waals surface area contributed by atoms with Crippen LogP contribution in [0.2, 0.25) is 0 Å². The standard InChI is InChI=1S/C22H22S/c1-3-17-14-15-19(16-18(17)4-2)21-12-8-9-13-22(21)23-20-10-6-5-7-11-20/h5-16H,3-4H2,1-2H3. The Kier molecular flexibility index (Phi) is 5.19. The summed E-state index contributed by atoms with van der Waals surface area (Å²) in [5, 5.41) is 0. The van der Waals surface area contributed by atoms with E-state index in [-0.39, 0.29) is 0 Å². The zero-order valence-electron chi connectivity index (χ0n) is 13.8. The second-order valence-corrected chi connectivity index (χ2v) is 6.72. The van der Waals surface area contributed by atoms with Gasteiger partial charge < -0.3 is 0 Å². The van der Waals surface area contributed by atoms with Crippen LogP contribution in [0.15, 0.2) is 82.6 Å². The molecule has 0 atom stereocenters. The summed E-state index contributed by atoms with van der Waals surface area (Å²) in [5.74, 6) is 0. The van der Waals surface area contributed by atoms with E-state index in [9.17, 15) is 0 Å². The normalized spacial score (nSPS) is 10.7. The number of hydrogen-bond acceptors (Lipinski definition) is 1. The highest BCUT2D eigenvalue weighted by atomic mass is 32.2. The predicted molar refractivity (Wildman–Crippen MR) is 101 cm³/mol. The van der Waals surface area contributed by atoms with E-state index in [1.807, 2.05) is 11.8 Å². The third-order valence-electron chi connectivity index (χ3n) is 4.14. The lowest BCUT2D eigenvalue weighted by atomic mass is 9.96. The summed E-state index contributed by atoms with van der Waals surface area (Å²) >= 11 is 1.83. The number of aryl methyl sites for hydroxylation is 2. The average Bonchev–Trinajstić information content (AvgIpc) is 2.62. The van der Waals surface area contributed by atoms with Crippen LogP contribution in [-0.4, -0.2) is 0 Å². The Balaban J connectivity index is 2.00. The van der Waals surface area contributed by atoms with E-state index in [4.69, 9.17) is 0 Å². The molecule has 1 heteroatoms. The average molecular weight is 318 g/mol. The molecule has 23 heavy (non-hydrogen) atoms. The van der Waals surface area contributed by atoms with Gasteiger partial charge in [0.15, 0.2) is 0 Å². The lowest BCUT2D eigenvalue weighted by Gasteiger charge is -2.13. The summed E-state index contributed by atoms with van der Waals surface area (Å²) in [6.45, 7) is 4.47. The zero-order chi connectivity index (χ0) is 16.1. The van der Waals surface area contributed by atoms with Crippen LogP contribution >= 0.6 is 11.8 Å². The fourth-order valence-corrected chi connectivity index (χ4v) is 3.87. The van der Waals surface area contributed by atoms with Gasteiger partial charge in [0.25, 0.3) is 0 Å². The minimum atomic E-state index is 1.09. The Hall–Kier alpha value is -1.99. The summed E-state index contributed by atoms with van der Waals surface area (Å²) in [4.78, 5) is 2.59. The molecule has 3 aromatic carbocycles. The van der Waals surface area contributed by atoms with Crippen molar-refractivity contribution < 1.29 is 0 Å². The van der Waals surface area contributed by atoms with Crippen molar-refractivity contribution in [3.63, 3.8) is 0 Å².